The Balaban J connectivity index is 1.83. The van der Waals surface area contributed by atoms with Crippen LogP contribution < -0.4 is 0 Å². The van der Waals surface area contributed by atoms with Crippen molar-refractivity contribution < 1.29 is 0 Å². The molecular weight excluding hydrogens is 394 g/mol. The first-order valence-electron chi connectivity index (χ1n) is 11.8. The van der Waals surface area contributed by atoms with Gasteiger partial charge in [0.25, 0.3) is 0 Å². The fraction of sp³-hybridized carbons (Fsp3) is 0.517. The van der Waals surface area contributed by atoms with Gasteiger partial charge < -0.3 is 4.57 Å². The first-order chi connectivity index (χ1) is 14.7. The lowest BCUT2D eigenvalue weighted by atomic mass is 9.98. The lowest BCUT2D eigenvalue weighted by Gasteiger charge is -2.22. The molecule has 0 bridgehead atoms. The molecule has 3 aliphatic carbocycles. The second-order valence-corrected chi connectivity index (χ2v) is 11.8. The predicted molar refractivity (Wildman–Crippen MR) is 136 cm³/mol. The van der Waals surface area contributed by atoms with Crippen molar-refractivity contribution in [2.24, 2.45) is 11.3 Å². The standard InChI is InChI=1S/C29H37NS/c1-8-11-25-23(6)30(18-24-14-9-12-21(4)16-24)27(26(25)20(2)3)31-29-17-22(5)13-10-15-28(29,7)19-29/h1,9-10,14-17,20-21H,11-13,18-19H2,2-7H3. The second kappa shape index (κ2) is 8.25. The Morgan fingerprint density at radius 1 is 1.29 bits per heavy atom. The Hall–Kier alpha value is -1.85. The first-order valence-corrected chi connectivity index (χ1v) is 12.6. The van der Waals surface area contributed by atoms with Crippen LogP contribution in [0.4, 0.5) is 0 Å². The molecule has 1 saturated carbocycles. The molecule has 0 amide bonds. The highest BCUT2D eigenvalue weighted by atomic mass is 32.2. The van der Waals surface area contributed by atoms with E-state index in [0.717, 1.165) is 19.4 Å². The number of nitrogens with zero attached hydrogens (tertiary/aromatic N) is 1. The normalized spacial score (nSPS) is 29.3. The van der Waals surface area contributed by atoms with Gasteiger partial charge in [-0.05, 0) is 61.6 Å². The summed E-state index contributed by atoms with van der Waals surface area (Å²) in [5, 5.41) is 1.44. The monoisotopic (exact) mass is 431 g/mol. The molecule has 0 aromatic carbocycles. The molecule has 1 aromatic rings. The zero-order valence-corrected chi connectivity index (χ0v) is 20.9. The molecule has 3 atom stereocenters. The molecule has 0 spiro atoms. The summed E-state index contributed by atoms with van der Waals surface area (Å²) in [5.41, 5.74) is 7.35. The van der Waals surface area contributed by atoms with Gasteiger partial charge in [-0.2, -0.15) is 0 Å². The molecule has 3 unspecified atom stereocenters. The summed E-state index contributed by atoms with van der Waals surface area (Å²) in [7, 11) is 0. The summed E-state index contributed by atoms with van der Waals surface area (Å²) < 4.78 is 2.74. The van der Waals surface area contributed by atoms with E-state index in [0.29, 0.717) is 18.3 Å². The van der Waals surface area contributed by atoms with Gasteiger partial charge in [-0.3, -0.25) is 0 Å². The number of thioether (sulfide) groups is 1. The van der Waals surface area contributed by atoms with Crippen LogP contribution in [0.25, 0.3) is 0 Å². The van der Waals surface area contributed by atoms with E-state index in [1.165, 1.54) is 39.4 Å². The number of hydrogen-bond donors (Lipinski definition) is 0. The van der Waals surface area contributed by atoms with Crippen molar-refractivity contribution in [2.45, 2.75) is 89.5 Å². The summed E-state index contributed by atoms with van der Waals surface area (Å²) in [5.74, 6) is 4.01. The highest BCUT2D eigenvalue weighted by Gasteiger charge is 2.63. The number of terminal acetylenes is 1. The number of allylic oxidation sites excluding steroid dienone is 7. The van der Waals surface area contributed by atoms with Gasteiger partial charge in [-0.15, -0.1) is 12.3 Å². The van der Waals surface area contributed by atoms with E-state index >= 15 is 0 Å². The molecule has 1 aromatic heterocycles. The topological polar surface area (TPSA) is 4.93 Å². The second-order valence-electron chi connectivity index (χ2n) is 10.4. The van der Waals surface area contributed by atoms with Crippen LogP contribution in [0.1, 0.15) is 76.6 Å². The molecule has 0 N–H and O–H groups in total. The number of aromatic nitrogens is 1. The van der Waals surface area contributed by atoms with E-state index in [1.54, 1.807) is 0 Å². The third-order valence-electron chi connectivity index (χ3n) is 7.33. The maximum atomic E-state index is 5.83. The van der Waals surface area contributed by atoms with Crippen molar-refractivity contribution in [1.82, 2.24) is 4.57 Å². The van der Waals surface area contributed by atoms with Crippen molar-refractivity contribution in [3.63, 3.8) is 0 Å². The average Bonchev–Trinajstić information content (AvgIpc) is 3.19. The molecule has 2 heteroatoms. The fourth-order valence-electron chi connectivity index (χ4n) is 5.45. The van der Waals surface area contributed by atoms with Crippen LogP contribution in [0.2, 0.25) is 0 Å². The van der Waals surface area contributed by atoms with E-state index in [4.69, 9.17) is 6.42 Å². The smallest absolute Gasteiger partial charge is 0.0800 e. The molecule has 0 aliphatic heterocycles. The maximum absolute atomic E-state index is 5.83. The van der Waals surface area contributed by atoms with Crippen molar-refractivity contribution in [3.8, 4) is 12.3 Å². The number of fused-ring (bicyclic) bond motifs is 1. The fourth-order valence-corrected chi connectivity index (χ4v) is 7.51. The van der Waals surface area contributed by atoms with Crippen LogP contribution in [0, 0.1) is 30.6 Å². The highest BCUT2D eigenvalue weighted by Crippen LogP contribution is 2.69. The molecule has 3 aliphatic rings. The van der Waals surface area contributed by atoms with Gasteiger partial charge in [-0.25, -0.2) is 0 Å². The SMILES string of the molecule is C#CCc1c(C(C)C)c(SC23C=C(C)CC=CC2(C)C3)n(CC2=CC(C)CC=C2)c1C. The molecular formula is C29H37NS. The first kappa shape index (κ1) is 22.3. The van der Waals surface area contributed by atoms with Gasteiger partial charge in [-0.1, -0.05) is 81.5 Å². The highest BCUT2D eigenvalue weighted by molar-refractivity contribution is 8.01. The predicted octanol–water partition coefficient (Wildman–Crippen LogP) is 7.77. The maximum Gasteiger partial charge on any atom is 0.0800 e. The minimum absolute atomic E-state index is 0.160. The third-order valence-corrected chi connectivity index (χ3v) is 9.06. The van der Waals surface area contributed by atoms with Gasteiger partial charge >= 0.3 is 0 Å². The van der Waals surface area contributed by atoms with E-state index in [2.05, 4.69) is 100 Å². The lowest BCUT2D eigenvalue weighted by Crippen LogP contribution is -2.13. The Morgan fingerprint density at radius 3 is 2.74 bits per heavy atom. The minimum atomic E-state index is 0.160. The van der Waals surface area contributed by atoms with Crippen LogP contribution in [0.5, 0.6) is 0 Å². The molecule has 1 heterocycles. The zero-order valence-electron chi connectivity index (χ0n) is 20.1. The van der Waals surface area contributed by atoms with Crippen molar-refractivity contribution in [2.75, 3.05) is 0 Å². The van der Waals surface area contributed by atoms with Crippen LogP contribution in [0.3, 0.4) is 0 Å². The van der Waals surface area contributed by atoms with Crippen LogP contribution >= 0.6 is 11.8 Å². The van der Waals surface area contributed by atoms with E-state index in [9.17, 15) is 0 Å². The molecule has 164 valence electrons. The zero-order chi connectivity index (χ0) is 22.4. The summed E-state index contributed by atoms with van der Waals surface area (Å²) in [6, 6.07) is 0. The van der Waals surface area contributed by atoms with E-state index in [-0.39, 0.29) is 10.2 Å². The van der Waals surface area contributed by atoms with Crippen molar-refractivity contribution in [1.29, 1.82) is 0 Å². The molecule has 0 radical (unpaired) electrons. The van der Waals surface area contributed by atoms with Gasteiger partial charge in [0, 0.05) is 28.8 Å². The van der Waals surface area contributed by atoms with Gasteiger partial charge in [0.15, 0.2) is 0 Å². The number of hydrogen-bond acceptors (Lipinski definition) is 1. The minimum Gasteiger partial charge on any atom is -0.335 e. The van der Waals surface area contributed by atoms with Crippen LogP contribution in [-0.4, -0.2) is 9.31 Å². The summed E-state index contributed by atoms with van der Waals surface area (Å²) >= 11 is 2.10. The Morgan fingerprint density at radius 2 is 2.06 bits per heavy atom. The van der Waals surface area contributed by atoms with Crippen LogP contribution in [0.15, 0.2) is 52.6 Å². The Bertz CT molecular complexity index is 1040. The lowest BCUT2D eigenvalue weighted by molar-refractivity contribution is 0.659. The Kier molecular flexibility index (Phi) is 5.95. The van der Waals surface area contributed by atoms with Gasteiger partial charge in [0.05, 0.1) is 5.03 Å². The van der Waals surface area contributed by atoms with E-state index in [1.807, 2.05) is 0 Å². The number of rotatable bonds is 6. The summed E-state index contributed by atoms with van der Waals surface area (Å²) in [6.07, 6.45) is 24.5. The van der Waals surface area contributed by atoms with Gasteiger partial charge in [0.2, 0.25) is 0 Å². The largest absolute Gasteiger partial charge is 0.335 e. The van der Waals surface area contributed by atoms with Crippen molar-refractivity contribution >= 4 is 11.8 Å². The summed E-state index contributed by atoms with van der Waals surface area (Å²) in [6.45, 7) is 14.9. The third kappa shape index (κ3) is 4.03. The van der Waals surface area contributed by atoms with E-state index < -0.39 is 0 Å². The summed E-state index contributed by atoms with van der Waals surface area (Å²) in [4.78, 5) is 0. The van der Waals surface area contributed by atoms with Crippen LogP contribution in [-0.2, 0) is 13.0 Å². The van der Waals surface area contributed by atoms with Gasteiger partial charge in [0.1, 0.15) is 0 Å². The quantitative estimate of drug-likeness (QED) is 0.329. The average molecular weight is 432 g/mol. The molecule has 1 fully saturated rings. The molecule has 1 nitrogen and oxygen atoms in total. The molecule has 4 rings (SSSR count). The molecule has 0 saturated heterocycles. The molecule has 31 heavy (non-hydrogen) atoms. The van der Waals surface area contributed by atoms with Crippen molar-refractivity contribution in [3.05, 3.63) is 64.4 Å². The Labute approximate surface area is 193 Å².